The minimum atomic E-state index is -0.328. The first-order chi connectivity index (χ1) is 11.1. The molecule has 1 aliphatic rings. The average Bonchev–Trinajstić information content (AvgIpc) is 2.66. The molecule has 3 rings (SSSR count). The van der Waals surface area contributed by atoms with Gasteiger partial charge in [0.15, 0.2) is 0 Å². The molecule has 2 aromatic carbocycles. The van der Waals surface area contributed by atoms with Gasteiger partial charge in [-0.15, -0.1) is 0 Å². The number of hydrogen-bond acceptors (Lipinski definition) is 2. The van der Waals surface area contributed by atoms with Gasteiger partial charge in [-0.2, -0.15) is 0 Å². The van der Waals surface area contributed by atoms with Gasteiger partial charge >= 0.3 is 0 Å². The van der Waals surface area contributed by atoms with Crippen LogP contribution in [-0.4, -0.2) is 24.7 Å². The van der Waals surface area contributed by atoms with Crippen LogP contribution in [0, 0.1) is 11.7 Å². The first kappa shape index (κ1) is 15.4. The van der Waals surface area contributed by atoms with E-state index >= 15 is 0 Å². The van der Waals surface area contributed by atoms with Crippen LogP contribution < -0.4 is 4.90 Å². The number of carbonyl (C=O) groups excluding carboxylic acids is 1. The zero-order valence-corrected chi connectivity index (χ0v) is 13.3. The van der Waals surface area contributed by atoms with Crippen molar-refractivity contribution in [2.75, 3.05) is 18.0 Å². The monoisotopic (exact) mass is 310 g/mol. The smallest absolute Gasteiger partial charge is 0.248 e. The molecule has 23 heavy (non-hydrogen) atoms. The quantitative estimate of drug-likeness (QED) is 0.851. The minimum absolute atomic E-state index is 0.0328. The lowest BCUT2D eigenvalue weighted by Gasteiger charge is -2.24. The van der Waals surface area contributed by atoms with E-state index in [0.29, 0.717) is 23.7 Å². The first-order valence-electron chi connectivity index (χ1n) is 7.77. The zero-order valence-electron chi connectivity index (χ0n) is 13.3. The standard InChI is InChI=1S/C19H19FN2O/c1-13(2)12-22-17-10-6-4-8-15(17)19(21-11-18(22)23)14-7-3-5-9-16(14)20/h3-10,13H,11-12H2,1-2H3. The fourth-order valence-corrected chi connectivity index (χ4v) is 2.81. The lowest BCUT2D eigenvalue weighted by Crippen LogP contribution is -2.35. The zero-order chi connectivity index (χ0) is 16.4. The molecule has 0 atom stereocenters. The third kappa shape index (κ3) is 3.02. The minimum Gasteiger partial charge on any atom is -0.310 e. The van der Waals surface area contributed by atoms with Gasteiger partial charge in [-0.05, 0) is 24.1 Å². The molecule has 0 spiro atoms. The van der Waals surface area contributed by atoms with Crippen LogP contribution in [0.25, 0.3) is 0 Å². The van der Waals surface area contributed by atoms with E-state index in [4.69, 9.17) is 0 Å². The summed E-state index contributed by atoms with van der Waals surface area (Å²) < 4.78 is 14.2. The number of benzene rings is 2. The van der Waals surface area contributed by atoms with Crippen LogP contribution >= 0.6 is 0 Å². The van der Waals surface area contributed by atoms with Crippen molar-refractivity contribution >= 4 is 17.3 Å². The maximum absolute atomic E-state index is 14.2. The summed E-state index contributed by atoms with van der Waals surface area (Å²) in [6.45, 7) is 4.79. The molecule has 0 saturated carbocycles. The van der Waals surface area contributed by atoms with E-state index in [9.17, 15) is 9.18 Å². The Morgan fingerprint density at radius 3 is 2.43 bits per heavy atom. The maximum Gasteiger partial charge on any atom is 0.248 e. The van der Waals surface area contributed by atoms with Crippen molar-refractivity contribution in [2.45, 2.75) is 13.8 Å². The third-order valence-electron chi connectivity index (χ3n) is 3.80. The van der Waals surface area contributed by atoms with Gasteiger partial charge in [0.05, 0.1) is 11.4 Å². The van der Waals surface area contributed by atoms with E-state index in [1.807, 2.05) is 24.3 Å². The Hall–Kier alpha value is -2.49. The summed E-state index contributed by atoms with van der Waals surface area (Å²) in [5.41, 5.74) is 2.56. The summed E-state index contributed by atoms with van der Waals surface area (Å²) >= 11 is 0. The lowest BCUT2D eigenvalue weighted by molar-refractivity contribution is -0.117. The Balaban J connectivity index is 2.15. The molecule has 0 saturated heterocycles. The number of rotatable bonds is 3. The van der Waals surface area contributed by atoms with Crippen LogP contribution in [0.2, 0.25) is 0 Å². The molecule has 0 radical (unpaired) electrons. The SMILES string of the molecule is CC(C)CN1C(=O)CN=C(c2ccccc2F)c2ccccc21. The van der Waals surface area contributed by atoms with Gasteiger partial charge in [0, 0.05) is 17.7 Å². The molecule has 118 valence electrons. The van der Waals surface area contributed by atoms with Gasteiger partial charge in [-0.3, -0.25) is 9.79 Å². The van der Waals surface area contributed by atoms with Gasteiger partial charge < -0.3 is 4.90 Å². The largest absolute Gasteiger partial charge is 0.310 e. The molecule has 2 aromatic rings. The van der Waals surface area contributed by atoms with Gasteiger partial charge in [0.1, 0.15) is 12.4 Å². The predicted octanol–water partition coefficient (Wildman–Crippen LogP) is 3.67. The maximum atomic E-state index is 14.2. The topological polar surface area (TPSA) is 32.7 Å². The third-order valence-corrected chi connectivity index (χ3v) is 3.80. The van der Waals surface area contributed by atoms with Crippen LogP contribution in [0.5, 0.6) is 0 Å². The fraction of sp³-hybridized carbons (Fsp3) is 0.263. The fourth-order valence-electron chi connectivity index (χ4n) is 2.81. The molecular weight excluding hydrogens is 291 g/mol. The average molecular weight is 310 g/mol. The Labute approximate surface area is 135 Å². The van der Waals surface area contributed by atoms with Crippen LogP contribution in [0.1, 0.15) is 25.0 Å². The van der Waals surface area contributed by atoms with Gasteiger partial charge in [0.25, 0.3) is 0 Å². The molecule has 0 unspecified atom stereocenters. The van der Waals surface area contributed by atoms with E-state index in [2.05, 4.69) is 18.8 Å². The van der Waals surface area contributed by atoms with Gasteiger partial charge in [0.2, 0.25) is 5.91 Å². The molecular formula is C19H19FN2O. The number of fused-ring (bicyclic) bond motifs is 1. The number of amides is 1. The van der Waals surface area contributed by atoms with Crippen molar-refractivity contribution in [1.29, 1.82) is 0 Å². The molecule has 0 fully saturated rings. The van der Waals surface area contributed by atoms with Gasteiger partial charge in [-0.25, -0.2) is 4.39 Å². The summed E-state index contributed by atoms with van der Waals surface area (Å²) in [6.07, 6.45) is 0. The number of para-hydroxylation sites is 1. The Kier molecular flexibility index (Phi) is 4.24. The van der Waals surface area contributed by atoms with Crippen molar-refractivity contribution in [3.8, 4) is 0 Å². The predicted molar refractivity (Wildman–Crippen MR) is 90.5 cm³/mol. The molecule has 3 nitrogen and oxygen atoms in total. The van der Waals surface area contributed by atoms with Crippen molar-refractivity contribution in [1.82, 2.24) is 0 Å². The van der Waals surface area contributed by atoms with Crippen molar-refractivity contribution in [3.05, 3.63) is 65.5 Å². The van der Waals surface area contributed by atoms with Crippen LogP contribution in [0.4, 0.5) is 10.1 Å². The number of aliphatic imine (C=N–C) groups is 1. The summed E-state index contributed by atoms with van der Waals surface area (Å²) in [7, 11) is 0. The summed E-state index contributed by atoms with van der Waals surface area (Å²) in [6, 6.07) is 14.1. The first-order valence-corrected chi connectivity index (χ1v) is 7.77. The Morgan fingerprint density at radius 1 is 1.09 bits per heavy atom. The number of anilines is 1. The highest BCUT2D eigenvalue weighted by molar-refractivity contribution is 6.19. The highest BCUT2D eigenvalue weighted by Crippen LogP contribution is 2.28. The second kappa shape index (κ2) is 6.32. The van der Waals surface area contributed by atoms with Crippen molar-refractivity contribution < 1.29 is 9.18 Å². The van der Waals surface area contributed by atoms with Crippen molar-refractivity contribution in [3.63, 3.8) is 0 Å². The summed E-state index contributed by atoms with van der Waals surface area (Å²) in [5, 5.41) is 0. The molecule has 4 heteroatoms. The van der Waals surface area contributed by atoms with Crippen LogP contribution in [0.15, 0.2) is 53.5 Å². The lowest BCUT2D eigenvalue weighted by atomic mass is 9.99. The molecule has 1 amide bonds. The molecule has 1 heterocycles. The molecule has 0 bridgehead atoms. The summed E-state index contributed by atoms with van der Waals surface area (Å²) in [4.78, 5) is 18.7. The normalized spacial score (nSPS) is 14.5. The van der Waals surface area contributed by atoms with E-state index in [-0.39, 0.29) is 18.3 Å². The molecule has 0 aliphatic carbocycles. The second-order valence-corrected chi connectivity index (χ2v) is 6.06. The Bertz CT molecular complexity index is 767. The highest BCUT2D eigenvalue weighted by Gasteiger charge is 2.26. The summed E-state index contributed by atoms with van der Waals surface area (Å²) in [5.74, 6) is -0.0506. The van der Waals surface area contributed by atoms with E-state index in [0.717, 1.165) is 11.3 Å². The number of carbonyl (C=O) groups is 1. The number of hydrogen-bond donors (Lipinski definition) is 0. The second-order valence-electron chi connectivity index (χ2n) is 6.06. The highest BCUT2D eigenvalue weighted by atomic mass is 19.1. The van der Waals surface area contributed by atoms with Gasteiger partial charge in [-0.1, -0.05) is 44.2 Å². The van der Waals surface area contributed by atoms with E-state index < -0.39 is 0 Å². The number of halogens is 1. The molecule has 1 aliphatic heterocycles. The number of benzodiazepines with no additional fused rings is 1. The van der Waals surface area contributed by atoms with Crippen LogP contribution in [0.3, 0.4) is 0 Å². The molecule has 0 aromatic heterocycles. The van der Waals surface area contributed by atoms with E-state index in [1.165, 1.54) is 6.07 Å². The van der Waals surface area contributed by atoms with Crippen molar-refractivity contribution in [2.24, 2.45) is 10.9 Å². The van der Waals surface area contributed by atoms with Crippen LogP contribution in [-0.2, 0) is 4.79 Å². The molecule has 0 N–H and O–H groups in total. The van der Waals surface area contributed by atoms with E-state index in [1.54, 1.807) is 23.1 Å². The number of nitrogens with zero attached hydrogens (tertiary/aromatic N) is 2. The Morgan fingerprint density at radius 2 is 1.74 bits per heavy atom.